The van der Waals surface area contributed by atoms with Crippen LogP contribution in [0, 0.1) is 18.8 Å². The molecule has 3 N–H and O–H groups in total. The average molecular weight is 1180 g/mol. The van der Waals surface area contributed by atoms with Gasteiger partial charge in [0, 0.05) is 76.2 Å². The van der Waals surface area contributed by atoms with Gasteiger partial charge in [-0.3, -0.25) is 13.8 Å². The van der Waals surface area contributed by atoms with E-state index < -0.39 is 41.3 Å². The molecule has 1 aromatic heterocycles. The van der Waals surface area contributed by atoms with E-state index in [1.807, 2.05) is 99.6 Å². The van der Waals surface area contributed by atoms with Gasteiger partial charge in [0.25, 0.3) is 9.84 Å². The summed E-state index contributed by atoms with van der Waals surface area (Å²) in [4.78, 5) is 38.6. The minimum atomic E-state index is -5.93. The third-order valence-electron chi connectivity index (χ3n) is 15.2. The zero-order valence-corrected chi connectivity index (χ0v) is 48.3. The van der Waals surface area contributed by atoms with Crippen molar-refractivity contribution >= 4 is 76.7 Å². The van der Waals surface area contributed by atoms with E-state index in [1.165, 1.54) is 28.6 Å². The van der Waals surface area contributed by atoms with Crippen molar-refractivity contribution in [3.05, 3.63) is 143 Å². The monoisotopic (exact) mass is 1180 g/mol. The van der Waals surface area contributed by atoms with Gasteiger partial charge in [-0.25, -0.2) is 13.2 Å². The lowest BCUT2D eigenvalue weighted by atomic mass is 9.95. The van der Waals surface area contributed by atoms with Gasteiger partial charge in [-0.1, -0.05) is 60.1 Å². The molecule has 0 spiro atoms. The highest BCUT2D eigenvalue weighted by Crippen LogP contribution is 2.56. The van der Waals surface area contributed by atoms with E-state index in [0.29, 0.717) is 92.8 Å². The lowest BCUT2D eigenvalue weighted by Crippen LogP contribution is -2.46. The van der Waals surface area contributed by atoms with Crippen molar-refractivity contribution in [1.29, 1.82) is 0 Å². The van der Waals surface area contributed by atoms with Gasteiger partial charge in [0.15, 0.2) is 0 Å². The minimum absolute atomic E-state index is 0.0101. The number of piperazine rings is 1. The molecule has 4 heterocycles. The summed E-state index contributed by atoms with van der Waals surface area (Å²) in [5, 5.41) is 11.0. The number of rotatable bonds is 19. The second-order valence-corrected chi connectivity index (χ2v) is 28.3. The number of hydrogen-bond acceptors (Lipinski definition) is 10. The highest BCUT2D eigenvalue weighted by atomic mass is 35.5. The fourth-order valence-electron chi connectivity index (χ4n) is 11.3. The molecule has 3 fully saturated rings. The molecule has 422 valence electrons. The first-order valence-electron chi connectivity index (χ1n) is 26.4. The van der Waals surface area contributed by atoms with Gasteiger partial charge in [-0.15, -0.1) is 11.8 Å². The highest BCUT2D eigenvalue weighted by molar-refractivity contribution is 7.99. The molecule has 9 rings (SSSR count). The fourth-order valence-corrected chi connectivity index (χ4v) is 16.9. The van der Waals surface area contributed by atoms with Crippen LogP contribution in [0.5, 0.6) is 0 Å². The molecule has 2 atom stereocenters. The number of nitrogens with zero attached hydrogens (tertiary/aromatic N) is 5. The summed E-state index contributed by atoms with van der Waals surface area (Å²) in [7, 11) is -14.2. The smallest absolute Gasteiger partial charge is 0.478 e. The van der Waals surface area contributed by atoms with E-state index in [1.54, 1.807) is 24.3 Å². The SMILES string of the molecule is Cc1c(C(=O)O)c(-c2cccc(N3CCN(c4ccc(N5CCO[P@@]5(=O)c5ccc(C[C@H](CCN6CCC(CP(=O)(O)O)CC6)CSc6ccccc6)c(S(=O)(=O)C(F)(F)F)c5)cc4)CC3)c2)c(-c2ccc(Cl)cc2)n1C(C)C. The lowest BCUT2D eigenvalue weighted by molar-refractivity contribution is -0.0436. The van der Waals surface area contributed by atoms with Crippen molar-refractivity contribution in [3.8, 4) is 22.4 Å². The number of likely N-dealkylation sites (tertiary alicyclic amines) is 1. The van der Waals surface area contributed by atoms with E-state index >= 15 is 4.57 Å². The number of carboxylic acids is 1. The number of thioether (sulfide) groups is 1. The molecular formula is C57H65ClF3N5O9P2S2. The Morgan fingerprint density at radius 3 is 2.09 bits per heavy atom. The minimum Gasteiger partial charge on any atom is -0.478 e. The largest absolute Gasteiger partial charge is 0.501 e. The number of aromatic nitrogens is 1. The molecule has 0 aliphatic carbocycles. The highest BCUT2D eigenvalue weighted by Gasteiger charge is 2.49. The maximum Gasteiger partial charge on any atom is 0.501 e. The van der Waals surface area contributed by atoms with Crippen molar-refractivity contribution < 1.29 is 54.9 Å². The van der Waals surface area contributed by atoms with Crippen molar-refractivity contribution in [2.24, 2.45) is 11.8 Å². The predicted molar refractivity (Wildman–Crippen MR) is 309 cm³/mol. The van der Waals surface area contributed by atoms with E-state index in [2.05, 4.69) is 19.3 Å². The van der Waals surface area contributed by atoms with Crippen molar-refractivity contribution in [2.45, 2.75) is 67.8 Å². The molecule has 3 saturated heterocycles. The second kappa shape index (κ2) is 24.2. The normalized spacial score (nSPS) is 18.4. The average Bonchev–Trinajstić information content (AvgIpc) is 4.14. The molecule has 79 heavy (non-hydrogen) atoms. The van der Waals surface area contributed by atoms with Gasteiger partial charge in [0.2, 0.25) is 0 Å². The standard InChI is InChI=1S/C57H65ClF3N5O9P2S2/c1-39(2)66-40(3)53(56(67)68)54(55(66)43-12-15-46(58)16-13-43)45-8-7-9-49(35-45)64-30-28-63(29-31-64)47-17-19-48(20-18-47)65-32-33-75-77(65,72)50-21-14-44(52(36-50)79(73,74)57(59,60)61)34-42(38-78-51-10-5-4-6-11-51)24-27-62-25-22-41(23-26-62)37-76(69,70)71/h4-21,35-36,39,41-42H,22-34,37-38H2,1-3H3,(H,67,68)(H2,69,70,71)/t42-,77-/m0/s1. The topological polar surface area (TPSA) is 173 Å². The van der Waals surface area contributed by atoms with Crippen LogP contribution in [0.4, 0.5) is 30.2 Å². The summed E-state index contributed by atoms with van der Waals surface area (Å²) in [5.74, 6) is -0.929. The van der Waals surface area contributed by atoms with Crippen LogP contribution < -0.4 is 19.8 Å². The first-order chi connectivity index (χ1) is 37.5. The molecule has 0 radical (unpaired) electrons. The first kappa shape index (κ1) is 58.6. The third kappa shape index (κ3) is 13.2. The summed E-state index contributed by atoms with van der Waals surface area (Å²) in [5.41, 5.74) is 0.622. The lowest BCUT2D eigenvalue weighted by Gasteiger charge is -2.37. The van der Waals surface area contributed by atoms with Crippen LogP contribution >= 0.6 is 38.5 Å². The Labute approximate surface area is 469 Å². The predicted octanol–water partition coefficient (Wildman–Crippen LogP) is 12.3. The molecule has 0 saturated carbocycles. The number of sulfone groups is 1. The Kier molecular flexibility index (Phi) is 17.9. The molecule has 3 aliphatic heterocycles. The number of carboxylic acid groups (broad SMARTS) is 1. The number of anilines is 3. The first-order valence-corrected chi connectivity index (χ1v) is 32.6. The number of hydrogen-bond donors (Lipinski definition) is 3. The van der Waals surface area contributed by atoms with Gasteiger partial charge in [0.1, 0.15) is 0 Å². The molecule has 3 aliphatic rings. The van der Waals surface area contributed by atoms with Crippen molar-refractivity contribution in [2.75, 3.05) is 85.3 Å². The van der Waals surface area contributed by atoms with Gasteiger partial charge in [0.05, 0.1) is 40.8 Å². The van der Waals surface area contributed by atoms with Crippen LogP contribution in [-0.4, -0.2) is 115 Å². The number of aromatic carboxylic acids is 1. The fraction of sp³-hybridized carbons (Fsp3) is 0.386. The number of alkyl halides is 3. The summed E-state index contributed by atoms with van der Waals surface area (Å²) >= 11 is 7.80. The van der Waals surface area contributed by atoms with E-state index in [9.17, 15) is 45.8 Å². The van der Waals surface area contributed by atoms with Crippen LogP contribution in [0.2, 0.25) is 5.02 Å². The van der Waals surface area contributed by atoms with E-state index in [0.717, 1.165) is 39.2 Å². The number of piperidine rings is 1. The maximum atomic E-state index is 15.0. The molecule has 6 aromatic rings. The van der Waals surface area contributed by atoms with Crippen molar-refractivity contribution in [1.82, 2.24) is 9.47 Å². The Hall–Kier alpha value is -5.07. The van der Waals surface area contributed by atoms with Gasteiger partial charge in [-0.2, -0.15) is 13.2 Å². The van der Waals surface area contributed by atoms with E-state index in [-0.39, 0.29) is 60.0 Å². The molecular weight excluding hydrogens is 1120 g/mol. The third-order valence-corrected chi connectivity index (χ3v) is 21.8. The van der Waals surface area contributed by atoms with Crippen LogP contribution in [0.3, 0.4) is 0 Å². The Morgan fingerprint density at radius 1 is 0.823 bits per heavy atom. The summed E-state index contributed by atoms with van der Waals surface area (Å²) in [6.07, 6.45) is 1.54. The van der Waals surface area contributed by atoms with E-state index in [4.69, 9.17) is 16.1 Å². The number of carbonyl (C=O) groups is 1. The Morgan fingerprint density at radius 2 is 1.47 bits per heavy atom. The zero-order chi connectivity index (χ0) is 56.4. The molecule has 0 amide bonds. The van der Waals surface area contributed by atoms with Gasteiger partial charge >= 0.3 is 26.6 Å². The molecule has 0 unspecified atom stereocenters. The molecule has 5 aromatic carbocycles. The molecule has 0 bridgehead atoms. The van der Waals surface area contributed by atoms with Crippen LogP contribution in [0.15, 0.2) is 131 Å². The van der Waals surface area contributed by atoms with Gasteiger partial charge < -0.3 is 38.7 Å². The van der Waals surface area contributed by atoms with Crippen LogP contribution in [-0.2, 0) is 29.9 Å². The summed E-state index contributed by atoms with van der Waals surface area (Å²) in [6.45, 7) is 10.4. The maximum absolute atomic E-state index is 15.0. The number of halogens is 4. The Balaban J connectivity index is 0.914. The van der Waals surface area contributed by atoms with Crippen molar-refractivity contribution in [3.63, 3.8) is 0 Å². The second-order valence-electron chi connectivity index (χ2n) is 20.8. The Bertz CT molecular complexity index is 3350. The summed E-state index contributed by atoms with van der Waals surface area (Å²) in [6, 6.07) is 35.9. The van der Waals surface area contributed by atoms with Crippen LogP contribution in [0.25, 0.3) is 22.4 Å². The molecule has 22 heteroatoms. The van der Waals surface area contributed by atoms with Gasteiger partial charge in [-0.05, 0) is 167 Å². The quantitative estimate of drug-likeness (QED) is 0.0516. The van der Waals surface area contributed by atoms with Crippen LogP contribution in [0.1, 0.15) is 60.8 Å². The summed E-state index contributed by atoms with van der Waals surface area (Å²) < 4.78 is 107. The number of benzene rings is 5. The molecule has 14 nitrogen and oxygen atoms in total. The zero-order valence-electron chi connectivity index (χ0n) is 44.1.